The summed E-state index contributed by atoms with van der Waals surface area (Å²) in [4.78, 5) is 29.9. The second-order valence-electron chi connectivity index (χ2n) is 7.79. The third-order valence-electron chi connectivity index (χ3n) is 5.42. The van der Waals surface area contributed by atoms with Crippen molar-refractivity contribution in [1.82, 2.24) is 4.98 Å². The number of amides is 1. The van der Waals surface area contributed by atoms with E-state index in [1.54, 1.807) is 37.4 Å². The summed E-state index contributed by atoms with van der Waals surface area (Å²) < 4.78 is 10.1. The van der Waals surface area contributed by atoms with Crippen molar-refractivity contribution in [2.75, 3.05) is 19.5 Å². The number of hydrogen-bond acceptors (Lipinski definition) is 5. The SMILES string of the molecule is COC(=O)c1ccc(NC(=O)c2cc(-c3cccc(OC)c3)nc3c(C)cc(C)cc23)cc1. The van der Waals surface area contributed by atoms with Gasteiger partial charge in [-0.15, -0.1) is 0 Å². The van der Waals surface area contributed by atoms with Gasteiger partial charge in [0.05, 0.1) is 36.6 Å². The van der Waals surface area contributed by atoms with Crippen molar-refractivity contribution in [2.24, 2.45) is 0 Å². The van der Waals surface area contributed by atoms with Gasteiger partial charge >= 0.3 is 5.97 Å². The highest BCUT2D eigenvalue weighted by Crippen LogP contribution is 2.30. The molecule has 1 amide bonds. The molecule has 0 saturated carbocycles. The van der Waals surface area contributed by atoms with Crippen molar-refractivity contribution in [1.29, 1.82) is 0 Å². The van der Waals surface area contributed by atoms with Crippen LogP contribution in [0, 0.1) is 13.8 Å². The molecule has 4 aromatic rings. The molecule has 6 heteroatoms. The van der Waals surface area contributed by atoms with E-state index < -0.39 is 5.97 Å². The molecule has 0 atom stereocenters. The molecule has 0 aliphatic carbocycles. The number of esters is 1. The van der Waals surface area contributed by atoms with Gasteiger partial charge < -0.3 is 14.8 Å². The number of aryl methyl sites for hydroxylation is 2. The van der Waals surface area contributed by atoms with Gasteiger partial charge in [-0.25, -0.2) is 9.78 Å². The Morgan fingerprint density at radius 2 is 1.67 bits per heavy atom. The van der Waals surface area contributed by atoms with E-state index in [9.17, 15) is 9.59 Å². The number of methoxy groups -OCH3 is 2. The fourth-order valence-corrected chi connectivity index (χ4v) is 3.80. The molecule has 0 fully saturated rings. The predicted molar refractivity (Wildman–Crippen MR) is 129 cm³/mol. The Kier molecular flexibility index (Phi) is 6.09. The van der Waals surface area contributed by atoms with E-state index in [2.05, 4.69) is 11.4 Å². The molecule has 3 aromatic carbocycles. The molecule has 0 bridgehead atoms. The monoisotopic (exact) mass is 440 g/mol. The first-order chi connectivity index (χ1) is 15.9. The maximum atomic E-state index is 13.4. The number of carbonyl (C=O) groups is 2. The van der Waals surface area contributed by atoms with Gasteiger partial charge in [-0.05, 0) is 67.9 Å². The number of carbonyl (C=O) groups excluding carboxylic acids is 2. The lowest BCUT2D eigenvalue weighted by Gasteiger charge is -2.13. The third kappa shape index (κ3) is 4.55. The average Bonchev–Trinajstić information content (AvgIpc) is 2.83. The highest BCUT2D eigenvalue weighted by atomic mass is 16.5. The van der Waals surface area contributed by atoms with Crippen LogP contribution in [0.1, 0.15) is 31.8 Å². The molecule has 1 N–H and O–H groups in total. The molecule has 0 spiro atoms. The minimum Gasteiger partial charge on any atom is -0.497 e. The van der Waals surface area contributed by atoms with Crippen molar-refractivity contribution in [3.05, 3.63) is 89.0 Å². The second kappa shape index (κ2) is 9.12. The van der Waals surface area contributed by atoms with E-state index in [1.165, 1.54) is 7.11 Å². The molecule has 4 rings (SSSR count). The van der Waals surface area contributed by atoms with Crippen LogP contribution in [0.25, 0.3) is 22.2 Å². The average molecular weight is 440 g/mol. The van der Waals surface area contributed by atoms with Crippen LogP contribution >= 0.6 is 0 Å². The number of hydrogen-bond donors (Lipinski definition) is 1. The third-order valence-corrected chi connectivity index (χ3v) is 5.42. The van der Waals surface area contributed by atoms with Gasteiger partial charge in [0.15, 0.2) is 0 Å². The first-order valence-electron chi connectivity index (χ1n) is 10.5. The smallest absolute Gasteiger partial charge is 0.337 e. The van der Waals surface area contributed by atoms with Gasteiger partial charge in [0.25, 0.3) is 5.91 Å². The molecule has 0 aliphatic rings. The standard InChI is InChI=1S/C27H24N2O4/c1-16-12-17(2)25-22(13-16)23(15-24(29-25)19-6-5-7-21(14-19)32-3)26(30)28-20-10-8-18(9-11-20)27(31)33-4/h5-15H,1-4H3,(H,28,30). The fourth-order valence-electron chi connectivity index (χ4n) is 3.80. The summed E-state index contributed by atoms with van der Waals surface area (Å²) in [5, 5.41) is 3.71. The van der Waals surface area contributed by atoms with E-state index in [-0.39, 0.29) is 5.91 Å². The molecule has 33 heavy (non-hydrogen) atoms. The lowest BCUT2D eigenvalue weighted by atomic mass is 9.99. The van der Waals surface area contributed by atoms with Crippen molar-refractivity contribution in [2.45, 2.75) is 13.8 Å². The summed E-state index contributed by atoms with van der Waals surface area (Å²) in [7, 11) is 2.95. The van der Waals surface area contributed by atoms with Gasteiger partial charge in [0, 0.05) is 16.6 Å². The number of ether oxygens (including phenoxy) is 2. The van der Waals surface area contributed by atoms with Crippen LogP contribution in [0.4, 0.5) is 5.69 Å². The van der Waals surface area contributed by atoms with Crippen LogP contribution in [-0.2, 0) is 4.74 Å². The van der Waals surface area contributed by atoms with E-state index in [0.29, 0.717) is 28.3 Å². The highest BCUT2D eigenvalue weighted by molar-refractivity contribution is 6.13. The van der Waals surface area contributed by atoms with Crippen molar-refractivity contribution < 1.29 is 19.1 Å². The lowest BCUT2D eigenvalue weighted by Crippen LogP contribution is -2.13. The maximum Gasteiger partial charge on any atom is 0.337 e. The topological polar surface area (TPSA) is 77.5 Å². The van der Waals surface area contributed by atoms with E-state index in [4.69, 9.17) is 14.5 Å². The Morgan fingerprint density at radius 3 is 2.36 bits per heavy atom. The fraction of sp³-hybridized carbons (Fsp3) is 0.148. The van der Waals surface area contributed by atoms with E-state index in [1.807, 2.05) is 44.2 Å². The van der Waals surface area contributed by atoms with Gasteiger partial charge in [0.1, 0.15) is 5.75 Å². The van der Waals surface area contributed by atoms with Gasteiger partial charge in [-0.3, -0.25) is 4.79 Å². The lowest BCUT2D eigenvalue weighted by molar-refractivity contribution is 0.0600. The molecule has 166 valence electrons. The molecule has 0 saturated heterocycles. The quantitative estimate of drug-likeness (QED) is 0.411. The normalized spacial score (nSPS) is 10.7. The van der Waals surface area contributed by atoms with Crippen molar-refractivity contribution >= 4 is 28.5 Å². The molecule has 0 radical (unpaired) electrons. The van der Waals surface area contributed by atoms with Crippen LogP contribution in [0.15, 0.2) is 66.7 Å². The van der Waals surface area contributed by atoms with Gasteiger partial charge in [0.2, 0.25) is 0 Å². The second-order valence-corrected chi connectivity index (χ2v) is 7.79. The Balaban J connectivity index is 1.79. The van der Waals surface area contributed by atoms with Crippen molar-refractivity contribution in [3.8, 4) is 17.0 Å². The Bertz CT molecular complexity index is 1360. The number of nitrogens with zero attached hydrogens (tertiary/aromatic N) is 1. The summed E-state index contributed by atoms with van der Waals surface area (Å²) in [6.07, 6.45) is 0. The number of pyridine rings is 1. The largest absolute Gasteiger partial charge is 0.497 e. The summed E-state index contributed by atoms with van der Waals surface area (Å²) in [5.41, 5.74) is 5.85. The first kappa shape index (κ1) is 22.0. The Hall–Kier alpha value is -4.19. The summed E-state index contributed by atoms with van der Waals surface area (Å²) in [5.74, 6) is 0.0240. The molecule has 0 unspecified atom stereocenters. The molecule has 1 aromatic heterocycles. The number of fused-ring (bicyclic) bond motifs is 1. The van der Waals surface area contributed by atoms with Gasteiger partial charge in [-0.1, -0.05) is 23.8 Å². The minimum atomic E-state index is -0.429. The van der Waals surface area contributed by atoms with Crippen LogP contribution in [0.5, 0.6) is 5.75 Å². The summed E-state index contributed by atoms with van der Waals surface area (Å²) in [6, 6.07) is 20.0. The van der Waals surface area contributed by atoms with Crippen molar-refractivity contribution in [3.63, 3.8) is 0 Å². The van der Waals surface area contributed by atoms with Crippen LogP contribution in [0.2, 0.25) is 0 Å². The van der Waals surface area contributed by atoms with Gasteiger partial charge in [-0.2, -0.15) is 0 Å². The maximum absolute atomic E-state index is 13.4. The number of rotatable bonds is 5. The first-order valence-corrected chi connectivity index (χ1v) is 10.5. The number of aromatic nitrogens is 1. The predicted octanol–water partition coefficient (Wildman–Crippen LogP) is 5.57. The Morgan fingerprint density at radius 1 is 0.909 bits per heavy atom. The highest BCUT2D eigenvalue weighted by Gasteiger charge is 2.17. The molecular formula is C27H24N2O4. The summed E-state index contributed by atoms with van der Waals surface area (Å²) in [6.45, 7) is 3.99. The molecular weight excluding hydrogens is 416 g/mol. The van der Waals surface area contributed by atoms with Crippen LogP contribution in [0.3, 0.4) is 0 Å². The molecule has 6 nitrogen and oxygen atoms in total. The van der Waals surface area contributed by atoms with E-state index in [0.717, 1.165) is 27.6 Å². The minimum absolute atomic E-state index is 0.262. The zero-order valence-electron chi connectivity index (χ0n) is 18.9. The zero-order chi connectivity index (χ0) is 23.5. The number of anilines is 1. The molecule has 1 heterocycles. The van der Waals surface area contributed by atoms with Crippen LogP contribution < -0.4 is 10.1 Å². The summed E-state index contributed by atoms with van der Waals surface area (Å²) >= 11 is 0. The zero-order valence-corrected chi connectivity index (χ0v) is 18.9. The Labute approximate surface area is 192 Å². The number of benzene rings is 3. The number of nitrogens with one attached hydrogen (secondary N) is 1. The van der Waals surface area contributed by atoms with Crippen LogP contribution in [-0.4, -0.2) is 31.1 Å². The molecule has 0 aliphatic heterocycles. The van der Waals surface area contributed by atoms with E-state index >= 15 is 0 Å².